The molecule has 0 aromatic carbocycles. The minimum atomic E-state index is -0.550. The number of nitrogens with zero attached hydrogens (tertiary/aromatic N) is 1. The van der Waals surface area contributed by atoms with E-state index in [4.69, 9.17) is 6.42 Å². The molecule has 1 saturated carbocycles. The van der Waals surface area contributed by atoms with Crippen LogP contribution in [0.15, 0.2) is 0 Å². The molecule has 4 nitrogen and oxygen atoms in total. The minimum Gasteiger partial charge on any atom is -0.310 e. The van der Waals surface area contributed by atoms with Gasteiger partial charge in [0.1, 0.15) is 5.54 Å². The van der Waals surface area contributed by atoms with Crippen LogP contribution >= 0.6 is 0 Å². The molecular formula is C12H16N2O2. The lowest BCUT2D eigenvalue weighted by Crippen LogP contribution is -2.47. The molecule has 1 N–H and O–H groups in total. The van der Waals surface area contributed by atoms with Gasteiger partial charge in [-0.3, -0.25) is 10.1 Å². The van der Waals surface area contributed by atoms with Crippen LogP contribution in [0, 0.1) is 12.3 Å². The SMILES string of the molecule is C#CCCCN1C(=O)NC(=O)C12CCCC2. The van der Waals surface area contributed by atoms with Crippen molar-refractivity contribution in [2.45, 2.75) is 44.1 Å². The first-order chi connectivity index (χ1) is 7.70. The molecular weight excluding hydrogens is 204 g/mol. The van der Waals surface area contributed by atoms with Gasteiger partial charge in [-0.25, -0.2) is 4.79 Å². The number of nitrogens with one attached hydrogen (secondary N) is 1. The van der Waals surface area contributed by atoms with Gasteiger partial charge in [0, 0.05) is 13.0 Å². The summed E-state index contributed by atoms with van der Waals surface area (Å²) in [7, 11) is 0. The lowest BCUT2D eigenvalue weighted by atomic mass is 9.96. The number of rotatable bonds is 3. The van der Waals surface area contributed by atoms with Crippen LogP contribution in [0.3, 0.4) is 0 Å². The average Bonchev–Trinajstić information content (AvgIpc) is 2.81. The number of hydrogen-bond acceptors (Lipinski definition) is 2. The van der Waals surface area contributed by atoms with Crippen LogP contribution in [0.5, 0.6) is 0 Å². The lowest BCUT2D eigenvalue weighted by molar-refractivity contribution is -0.126. The second kappa shape index (κ2) is 4.17. The zero-order valence-electron chi connectivity index (χ0n) is 9.29. The summed E-state index contributed by atoms with van der Waals surface area (Å²) in [5, 5.41) is 2.42. The largest absolute Gasteiger partial charge is 0.325 e. The van der Waals surface area contributed by atoms with Crippen LogP contribution in [-0.2, 0) is 4.79 Å². The Morgan fingerprint density at radius 1 is 1.38 bits per heavy atom. The number of carbonyl (C=O) groups excluding carboxylic acids is 2. The summed E-state index contributed by atoms with van der Waals surface area (Å²) in [4.78, 5) is 25.2. The van der Waals surface area contributed by atoms with Gasteiger partial charge in [-0.15, -0.1) is 12.3 Å². The zero-order valence-corrected chi connectivity index (χ0v) is 9.29. The predicted octanol–water partition coefficient (Wildman–Crippen LogP) is 1.26. The quantitative estimate of drug-likeness (QED) is 0.442. The van der Waals surface area contributed by atoms with E-state index >= 15 is 0 Å². The molecule has 1 aliphatic carbocycles. The Morgan fingerprint density at radius 2 is 2.06 bits per heavy atom. The maximum Gasteiger partial charge on any atom is 0.325 e. The lowest BCUT2D eigenvalue weighted by Gasteiger charge is -2.31. The van der Waals surface area contributed by atoms with Gasteiger partial charge in [0.25, 0.3) is 5.91 Å². The van der Waals surface area contributed by atoms with Crippen molar-refractivity contribution in [3.8, 4) is 12.3 Å². The van der Waals surface area contributed by atoms with Crippen molar-refractivity contribution < 1.29 is 9.59 Å². The van der Waals surface area contributed by atoms with E-state index in [0.717, 1.165) is 32.1 Å². The third kappa shape index (κ3) is 1.57. The van der Waals surface area contributed by atoms with E-state index in [1.165, 1.54) is 0 Å². The number of carbonyl (C=O) groups is 2. The first kappa shape index (κ1) is 11.0. The van der Waals surface area contributed by atoms with E-state index in [0.29, 0.717) is 13.0 Å². The highest BCUT2D eigenvalue weighted by atomic mass is 16.2. The molecule has 0 aromatic rings. The summed E-state index contributed by atoms with van der Waals surface area (Å²) in [6.45, 7) is 0.585. The van der Waals surface area contributed by atoms with E-state index in [1.54, 1.807) is 4.90 Å². The third-order valence-corrected chi connectivity index (χ3v) is 3.54. The molecule has 0 unspecified atom stereocenters. The molecule has 4 heteroatoms. The fourth-order valence-electron chi connectivity index (χ4n) is 2.71. The normalized spacial score (nSPS) is 22.6. The maximum absolute atomic E-state index is 11.8. The van der Waals surface area contributed by atoms with Crippen molar-refractivity contribution in [1.29, 1.82) is 0 Å². The molecule has 0 radical (unpaired) electrons. The minimum absolute atomic E-state index is 0.115. The molecule has 1 aliphatic heterocycles. The van der Waals surface area contributed by atoms with Crippen LogP contribution in [0.25, 0.3) is 0 Å². The van der Waals surface area contributed by atoms with Crippen molar-refractivity contribution in [2.24, 2.45) is 0 Å². The molecule has 2 aliphatic rings. The van der Waals surface area contributed by atoms with Crippen molar-refractivity contribution in [1.82, 2.24) is 10.2 Å². The Morgan fingerprint density at radius 3 is 2.69 bits per heavy atom. The molecule has 0 bridgehead atoms. The number of imide groups is 1. The van der Waals surface area contributed by atoms with E-state index in [1.807, 2.05) is 0 Å². The molecule has 0 aromatic heterocycles. The van der Waals surface area contributed by atoms with Crippen molar-refractivity contribution >= 4 is 11.9 Å². The average molecular weight is 220 g/mol. The fraction of sp³-hybridized carbons (Fsp3) is 0.667. The van der Waals surface area contributed by atoms with Crippen LogP contribution in [0.2, 0.25) is 0 Å². The van der Waals surface area contributed by atoms with Gasteiger partial charge in [0.05, 0.1) is 0 Å². The van der Waals surface area contributed by atoms with Gasteiger partial charge in [-0.1, -0.05) is 12.8 Å². The summed E-state index contributed by atoms with van der Waals surface area (Å²) >= 11 is 0. The third-order valence-electron chi connectivity index (χ3n) is 3.54. The number of unbranched alkanes of at least 4 members (excludes halogenated alkanes) is 1. The van der Waals surface area contributed by atoms with Crippen LogP contribution in [0.1, 0.15) is 38.5 Å². The molecule has 1 heterocycles. The van der Waals surface area contributed by atoms with Crippen molar-refractivity contribution in [2.75, 3.05) is 6.54 Å². The van der Waals surface area contributed by atoms with E-state index < -0.39 is 5.54 Å². The smallest absolute Gasteiger partial charge is 0.310 e. The highest BCUT2D eigenvalue weighted by molar-refractivity contribution is 6.07. The summed E-state index contributed by atoms with van der Waals surface area (Å²) < 4.78 is 0. The van der Waals surface area contributed by atoms with Crippen molar-refractivity contribution in [3.63, 3.8) is 0 Å². The molecule has 1 spiro atoms. The van der Waals surface area contributed by atoms with Crippen LogP contribution in [-0.4, -0.2) is 28.9 Å². The molecule has 3 amide bonds. The van der Waals surface area contributed by atoms with Gasteiger partial charge < -0.3 is 4.90 Å². The summed E-state index contributed by atoms with van der Waals surface area (Å²) in [6.07, 6.45) is 10.2. The van der Waals surface area contributed by atoms with Gasteiger partial charge in [0.15, 0.2) is 0 Å². The second-order valence-corrected chi connectivity index (χ2v) is 4.46. The maximum atomic E-state index is 11.8. The number of terminal acetylenes is 1. The number of hydrogen-bond donors (Lipinski definition) is 1. The molecule has 1 saturated heterocycles. The van der Waals surface area contributed by atoms with Crippen LogP contribution < -0.4 is 5.32 Å². The van der Waals surface area contributed by atoms with E-state index in [-0.39, 0.29) is 11.9 Å². The monoisotopic (exact) mass is 220 g/mol. The standard InChI is InChI=1S/C12H16N2O2/c1-2-3-6-9-14-11(16)13-10(15)12(14)7-4-5-8-12/h1H,3-9H2,(H,13,15,16). The Hall–Kier alpha value is -1.50. The number of urea groups is 1. The summed E-state index contributed by atoms with van der Waals surface area (Å²) in [5.41, 5.74) is -0.550. The molecule has 2 fully saturated rings. The van der Waals surface area contributed by atoms with Crippen molar-refractivity contribution in [3.05, 3.63) is 0 Å². The molecule has 0 atom stereocenters. The van der Waals surface area contributed by atoms with Gasteiger partial charge in [-0.2, -0.15) is 0 Å². The Bertz CT molecular complexity index is 351. The number of amides is 3. The summed E-state index contributed by atoms with van der Waals surface area (Å²) in [6, 6.07) is -0.246. The topological polar surface area (TPSA) is 49.4 Å². The predicted molar refractivity (Wildman–Crippen MR) is 59.5 cm³/mol. The molecule has 16 heavy (non-hydrogen) atoms. The Labute approximate surface area is 95.4 Å². The molecule has 86 valence electrons. The molecule has 2 rings (SSSR count). The van der Waals surface area contributed by atoms with Gasteiger partial charge >= 0.3 is 6.03 Å². The van der Waals surface area contributed by atoms with Gasteiger partial charge in [0.2, 0.25) is 0 Å². The second-order valence-electron chi connectivity index (χ2n) is 4.46. The highest BCUT2D eigenvalue weighted by Crippen LogP contribution is 2.38. The fourth-order valence-corrected chi connectivity index (χ4v) is 2.71. The Balaban J connectivity index is 2.11. The van der Waals surface area contributed by atoms with E-state index in [2.05, 4.69) is 11.2 Å². The Kier molecular flexibility index (Phi) is 2.86. The highest BCUT2D eigenvalue weighted by Gasteiger charge is 2.53. The first-order valence-corrected chi connectivity index (χ1v) is 5.77. The van der Waals surface area contributed by atoms with E-state index in [9.17, 15) is 9.59 Å². The first-order valence-electron chi connectivity index (χ1n) is 5.77. The van der Waals surface area contributed by atoms with Crippen LogP contribution in [0.4, 0.5) is 4.79 Å². The summed E-state index contributed by atoms with van der Waals surface area (Å²) in [5.74, 6) is 2.44. The zero-order chi connectivity index (χ0) is 11.6. The van der Waals surface area contributed by atoms with Gasteiger partial charge in [-0.05, 0) is 19.3 Å².